The fourth-order valence-electron chi connectivity index (χ4n) is 7.57. The van der Waals surface area contributed by atoms with Crippen LogP contribution in [-0.4, -0.2) is 72.9 Å². The third kappa shape index (κ3) is 4.78. The van der Waals surface area contributed by atoms with Crippen molar-refractivity contribution in [1.29, 1.82) is 0 Å². The monoisotopic (exact) mass is 615 g/mol. The first kappa shape index (κ1) is 30.2. The molecule has 0 unspecified atom stereocenters. The molecule has 3 aromatic rings. The highest BCUT2D eigenvalue weighted by Crippen LogP contribution is 2.60. The maximum Gasteiger partial charge on any atom is 0.264 e. The molecule has 4 heterocycles. The number of aliphatic hydroxyl groups excluding tert-OH is 1. The summed E-state index contributed by atoms with van der Waals surface area (Å²) in [5, 5.41) is 19.1. The minimum Gasteiger partial charge on any atom is -0.497 e. The third-order valence-corrected chi connectivity index (χ3v) is 14.2. The number of amides is 2. The van der Waals surface area contributed by atoms with Gasteiger partial charge in [-0.15, -0.1) is 11.7 Å². The summed E-state index contributed by atoms with van der Waals surface area (Å²) < 4.78 is 14.4. The van der Waals surface area contributed by atoms with Crippen LogP contribution in [0.3, 0.4) is 0 Å². The topological polar surface area (TPSA) is 110 Å². The zero-order valence-electron chi connectivity index (χ0n) is 25.9. The van der Waals surface area contributed by atoms with Crippen LogP contribution in [-0.2, 0) is 32.9 Å². The maximum absolute atomic E-state index is 14.6. The van der Waals surface area contributed by atoms with E-state index in [1.54, 1.807) is 27.7 Å². The summed E-state index contributed by atoms with van der Waals surface area (Å²) in [6.45, 7) is 12.4. The van der Waals surface area contributed by atoms with Crippen LogP contribution in [0.4, 0.5) is 11.4 Å². The lowest BCUT2D eigenvalue weighted by Crippen LogP contribution is -2.52. The predicted molar refractivity (Wildman–Crippen MR) is 171 cm³/mol. The van der Waals surface area contributed by atoms with E-state index in [2.05, 4.69) is 49.0 Å². The molecule has 3 aliphatic rings. The Morgan fingerprint density at radius 3 is 2.61 bits per heavy atom. The van der Waals surface area contributed by atoms with Crippen molar-refractivity contribution >= 4 is 36.4 Å². The summed E-state index contributed by atoms with van der Waals surface area (Å²) in [7, 11) is -0.628. The van der Waals surface area contributed by atoms with Crippen molar-refractivity contribution < 1.29 is 24.2 Å². The van der Waals surface area contributed by atoms with Gasteiger partial charge in [-0.05, 0) is 42.3 Å². The van der Waals surface area contributed by atoms with Crippen LogP contribution in [0.15, 0.2) is 61.3 Å². The molecule has 2 amide bonds. The number of hydrogen-bond acceptors (Lipinski definition) is 7. The van der Waals surface area contributed by atoms with Gasteiger partial charge in [-0.2, -0.15) is 0 Å². The van der Waals surface area contributed by atoms with Gasteiger partial charge in [0.15, 0.2) is 5.60 Å². The van der Waals surface area contributed by atoms with Gasteiger partial charge in [-0.1, -0.05) is 48.6 Å². The van der Waals surface area contributed by atoms with E-state index in [-0.39, 0.29) is 36.0 Å². The van der Waals surface area contributed by atoms with Crippen molar-refractivity contribution in [2.45, 2.75) is 63.1 Å². The molecule has 3 aliphatic heterocycles. The number of rotatable bonds is 11. The first-order valence-corrected chi connectivity index (χ1v) is 18.4. The Bertz CT molecular complexity index is 1570. The average Bonchev–Trinajstić information content (AvgIpc) is 3.66. The fraction of sp³-hybridized carbons (Fsp3) is 0.455. The minimum absolute atomic E-state index is 0.0158. The summed E-state index contributed by atoms with van der Waals surface area (Å²) >= 11 is 0. The molecule has 4 atom stereocenters. The lowest BCUT2D eigenvalue weighted by Gasteiger charge is -2.37. The van der Waals surface area contributed by atoms with Crippen LogP contribution in [0.2, 0.25) is 18.6 Å². The highest BCUT2D eigenvalue weighted by Gasteiger charge is 2.66. The van der Waals surface area contributed by atoms with Gasteiger partial charge in [0.25, 0.3) is 5.91 Å². The molecule has 0 radical (unpaired) electrons. The smallest absolute Gasteiger partial charge is 0.264 e. The van der Waals surface area contributed by atoms with Crippen LogP contribution in [0.25, 0.3) is 0 Å². The van der Waals surface area contributed by atoms with Crippen molar-refractivity contribution in [3.05, 3.63) is 72.6 Å². The zero-order chi connectivity index (χ0) is 31.2. The second kappa shape index (κ2) is 11.6. The van der Waals surface area contributed by atoms with Crippen molar-refractivity contribution in [3.8, 4) is 5.75 Å². The van der Waals surface area contributed by atoms with Gasteiger partial charge >= 0.3 is 0 Å². The number of fused-ring (bicyclic) bond motifs is 2. The molecule has 232 valence electrons. The second-order valence-electron chi connectivity index (χ2n) is 12.6. The number of aryl methyl sites for hydroxylation is 1. The van der Waals surface area contributed by atoms with E-state index in [1.165, 1.54) is 5.19 Å². The van der Waals surface area contributed by atoms with E-state index < -0.39 is 13.7 Å². The molecule has 6 rings (SSSR count). The predicted octanol–water partition coefficient (Wildman–Crippen LogP) is 3.40. The van der Waals surface area contributed by atoms with Gasteiger partial charge < -0.3 is 24.4 Å². The first-order valence-electron chi connectivity index (χ1n) is 15.4. The summed E-state index contributed by atoms with van der Waals surface area (Å²) in [6.07, 6.45) is 4.99. The van der Waals surface area contributed by atoms with Crippen LogP contribution in [0.1, 0.15) is 31.0 Å². The summed E-state index contributed by atoms with van der Waals surface area (Å²) in [6, 6.07) is 14.2. The molecule has 1 spiro atoms. The van der Waals surface area contributed by atoms with E-state index in [9.17, 15) is 14.7 Å². The molecular weight excluding hydrogens is 574 g/mol. The summed E-state index contributed by atoms with van der Waals surface area (Å²) in [5.41, 5.74) is 2.06. The Labute approximate surface area is 259 Å². The average molecular weight is 616 g/mol. The summed E-state index contributed by atoms with van der Waals surface area (Å²) in [4.78, 5) is 30.6. The molecule has 0 aliphatic carbocycles. The summed E-state index contributed by atoms with van der Waals surface area (Å²) in [5.74, 6) is 0.662. The maximum atomic E-state index is 14.6. The van der Waals surface area contributed by atoms with Crippen molar-refractivity contribution in [3.63, 3.8) is 0 Å². The molecule has 0 saturated carbocycles. The van der Waals surface area contributed by atoms with E-state index >= 15 is 0 Å². The Kier molecular flexibility index (Phi) is 7.97. The number of aromatic nitrogens is 3. The number of methoxy groups -OCH3 is 1. The largest absolute Gasteiger partial charge is 0.497 e. The van der Waals surface area contributed by atoms with Gasteiger partial charge in [0.2, 0.25) is 5.91 Å². The van der Waals surface area contributed by atoms with Gasteiger partial charge in [0, 0.05) is 62.4 Å². The number of ether oxygens (including phenoxy) is 2. The SMILES string of the molecule is C=CCN1C(=O)[C@]2(O[C@H](CCn3cc(CCO)nn3)[C@@H]([Si](C)(C)c3ccc(OC)cc3)[C@@H]2C)c2cc(N3CCC3=O)ccc21. The van der Waals surface area contributed by atoms with Gasteiger partial charge in [-0.25, -0.2) is 0 Å². The van der Waals surface area contributed by atoms with Crippen LogP contribution >= 0.6 is 0 Å². The quantitative estimate of drug-likeness (QED) is 0.200. The molecule has 2 saturated heterocycles. The van der Waals surface area contributed by atoms with E-state index in [4.69, 9.17) is 9.47 Å². The molecule has 10 nitrogen and oxygen atoms in total. The number of β-lactam (4-membered cyclic amide) rings is 1. The second-order valence-corrected chi connectivity index (χ2v) is 17.3. The Morgan fingerprint density at radius 2 is 1.98 bits per heavy atom. The molecule has 44 heavy (non-hydrogen) atoms. The number of aliphatic hydroxyl groups is 1. The highest BCUT2D eigenvalue weighted by molar-refractivity contribution is 6.91. The Balaban J connectivity index is 1.43. The lowest BCUT2D eigenvalue weighted by atomic mass is 9.82. The standard InChI is InChI=1S/C33H41N5O5Si/c1-6-16-38-28-12-7-24(37-18-14-30(37)40)20-27(28)33(32(38)41)22(2)31(44(4,5)26-10-8-25(42-3)9-11-26)29(43-33)13-17-36-21-23(15-19-39)34-35-36/h6-12,20-22,29,31,39H,1,13-19H2,2-5H3/t22-,29+,31-,33+/m0/s1. The third-order valence-electron chi connectivity index (χ3n) is 9.89. The van der Waals surface area contributed by atoms with E-state index in [0.717, 1.165) is 28.4 Å². The van der Waals surface area contributed by atoms with Crippen LogP contribution < -0.4 is 19.7 Å². The van der Waals surface area contributed by atoms with E-state index in [1.807, 2.05) is 36.5 Å². The first-order chi connectivity index (χ1) is 21.1. The lowest BCUT2D eigenvalue weighted by molar-refractivity contribution is -0.145. The number of benzene rings is 2. The van der Waals surface area contributed by atoms with Gasteiger partial charge in [0.05, 0.1) is 32.7 Å². The van der Waals surface area contributed by atoms with Crippen molar-refractivity contribution in [2.24, 2.45) is 5.92 Å². The van der Waals surface area contributed by atoms with Crippen molar-refractivity contribution in [1.82, 2.24) is 15.0 Å². The minimum atomic E-state index is -2.30. The highest BCUT2D eigenvalue weighted by atomic mass is 28.3. The number of carbonyl (C=O) groups is 2. The molecule has 1 aromatic heterocycles. The Morgan fingerprint density at radius 1 is 1.20 bits per heavy atom. The Hall–Kier alpha value is -3.80. The van der Waals surface area contributed by atoms with Gasteiger partial charge in [-0.3, -0.25) is 14.3 Å². The van der Waals surface area contributed by atoms with Crippen LogP contribution in [0.5, 0.6) is 5.75 Å². The molecule has 2 aromatic carbocycles. The number of hydrogen-bond donors (Lipinski definition) is 1. The van der Waals surface area contributed by atoms with E-state index in [0.29, 0.717) is 38.9 Å². The number of nitrogens with zero attached hydrogens (tertiary/aromatic N) is 5. The molecule has 2 fully saturated rings. The molecule has 0 bridgehead atoms. The van der Waals surface area contributed by atoms with Crippen molar-refractivity contribution in [2.75, 3.05) is 36.6 Å². The molecular formula is C33H41N5O5Si. The van der Waals surface area contributed by atoms with Crippen LogP contribution in [0, 0.1) is 5.92 Å². The van der Waals surface area contributed by atoms with Gasteiger partial charge in [0.1, 0.15) is 5.75 Å². The fourth-order valence-corrected chi connectivity index (χ4v) is 11.6. The number of carbonyl (C=O) groups excluding carboxylic acids is 2. The number of anilines is 2. The molecule has 11 heteroatoms. The zero-order valence-corrected chi connectivity index (χ0v) is 26.9. The normalized spacial score (nSPS) is 24.6. The molecule has 1 N–H and O–H groups in total.